The molecule has 4 atom stereocenters. The van der Waals surface area contributed by atoms with Gasteiger partial charge in [0, 0.05) is 70.2 Å². The number of likely N-dealkylation sites (tertiary alicyclic amines) is 1. The summed E-state index contributed by atoms with van der Waals surface area (Å²) < 4.78 is 1.75. The molecule has 2 amide bonds. The van der Waals surface area contributed by atoms with Crippen molar-refractivity contribution < 1.29 is 9.59 Å². The molecule has 2 unspecified atom stereocenters. The lowest BCUT2D eigenvalue weighted by Gasteiger charge is -2.43. The normalized spacial score (nSPS) is 22.5. The summed E-state index contributed by atoms with van der Waals surface area (Å²) in [6, 6.07) is 12.4. The van der Waals surface area contributed by atoms with Crippen molar-refractivity contribution in [3.05, 3.63) is 66.5 Å². The topological polar surface area (TPSA) is 184 Å². The van der Waals surface area contributed by atoms with Gasteiger partial charge in [0.25, 0.3) is 0 Å². The lowest BCUT2D eigenvalue weighted by Crippen LogP contribution is -2.55. The molecule has 0 spiro atoms. The number of nitriles is 2. The van der Waals surface area contributed by atoms with E-state index in [-0.39, 0.29) is 17.7 Å². The Bertz CT molecular complexity index is 2330. The molecule has 16 heteroatoms. The summed E-state index contributed by atoms with van der Waals surface area (Å²) in [6.07, 6.45) is 12.5. The number of hydrogen-bond acceptors (Lipinski definition) is 13. The molecule has 57 heavy (non-hydrogen) atoms. The minimum absolute atomic E-state index is 0.222. The van der Waals surface area contributed by atoms with Gasteiger partial charge in [-0.1, -0.05) is 24.0 Å². The second-order valence-corrected chi connectivity index (χ2v) is 16.3. The van der Waals surface area contributed by atoms with E-state index in [1.165, 1.54) is 19.0 Å². The molecule has 4 aliphatic heterocycles. The summed E-state index contributed by atoms with van der Waals surface area (Å²) in [5.74, 6) is 0.628. The smallest absolute Gasteiger partial charge is 0.234 e. The predicted molar refractivity (Wildman–Crippen MR) is 218 cm³/mol. The first-order chi connectivity index (χ1) is 27.7. The third-order valence-corrected chi connectivity index (χ3v) is 12.7. The summed E-state index contributed by atoms with van der Waals surface area (Å²) in [7, 11) is 1.80. The van der Waals surface area contributed by atoms with Gasteiger partial charge in [0.2, 0.25) is 16.9 Å². The van der Waals surface area contributed by atoms with Crippen molar-refractivity contribution >= 4 is 45.3 Å². The number of nitrogens with zero attached hydrogens (tertiary/aromatic N) is 11. The Labute approximate surface area is 335 Å². The maximum absolute atomic E-state index is 12.3. The average molecular weight is 784 g/mol. The summed E-state index contributed by atoms with van der Waals surface area (Å²) in [6.45, 7) is 10.7. The van der Waals surface area contributed by atoms with E-state index in [2.05, 4.69) is 64.3 Å². The summed E-state index contributed by atoms with van der Waals surface area (Å²) in [4.78, 5) is 40.6. The van der Waals surface area contributed by atoms with Gasteiger partial charge in [-0.15, -0.1) is 10.2 Å². The molecule has 0 aliphatic carbocycles. The maximum Gasteiger partial charge on any atom is 0.234 e. The number of piperazine rings is 1. The minimum atomic E-state index is -0.446. The number of piperidine rings is 2. The largest absolute Gasteiger partial charge is 0.369 e. The number of rotatable bonds is 10. The molecular weight excluding hydrogens is 739 g/mol. The summed E-state index contributed by atoms with van der Waals surface area (Å²) in [5.41, 5.74) is 4.95. The van der Waals surface area contributed by atoms with Crippen LogP contribution in [0.1, 0.15) is 51.0 Å². The van der Waals surface area contributed by atoms with Crippen LogP contribution in [0.4, 0.5) is 10.8 Å². The molecule has 4 aliphatic rings. The second-order valence-electron chi connectivity index (χ2n) is 15.3. The number of pyridine rings is 1. The number of aromatic nitrogens is 5. The second kappa shape index (κ2) is 16.3. The van der Waals surface area contributed by atoms with Crippen molar-refractivity contribution in [3.63, 3.8) is 0 Å². The van der Waals surface area contributed by atoms with E-state index in [4.69, 9.17) is 4.98 Å². The van der Waals surface area contributed by atoms with Crippen molar-refractivity contribution in [2.45, 2.75) is 63.6 Å². The van der Waals surface area contributed by atoms with Crippen molar-refractivity contribution in [1.82, 2.24) is 39.9 Å². The lowest BCUT2D eigenvalue weighted by atomic mass is 9.91. The third kappa shape index (κ3) is 7.88. The number of carbonyl (C=O) groups excluding carboxylic acids is 2. The highest BCUT2D eigenvalue weighted by Gasteiger charge is 2.42. The number of carbonyl (C=O) groups is 2. The number of hydrogen-bond donors (Lipinski definition) is 2. The standard InChI is InChI=1S/C41H45N13O2S/c1-25(32-8-11-38(55)48-39(32)56)4-10-37(44-3)51-14-12-27(13-15-51)22-53-30-5-6-31(53)24-52(23-30)41-50-49-40(57-41)33-21-45-35(17-34(33)47-26(2)18-42)36-9-7-29-16-28(19-43)20-46-54(29)36/h4,7,9-10,16-17,20-21,26-27,30-32H,1,5-6,8,11-15,22-24H2,2-3H3,(H,45,47)(H,48,55,56)/b10-4-,44-37?/t26-,30?,31?,32+/m1/s1. The van der Waals surface area contributed by atoms with E-state index in [1.54, 1.807) is 35.2 Å². The maximum atomic E-state index is 12.3. The van der Waals surface area contributed by atoms with Gasteiger partial charge < -0.3 is 15.1 Å². The molecular formula is C41H45N13O2S. The first kappa shape index (κ1) is 37.9. The van der Waals surface area contributed by atoms with Crippen LogP contribution in [0.3, 0.4) is 0 Å². The lowest BCUT2D eigenvalue weighted by molar-refractivity contribution is -0.135. The number of anilines is 2. The fourth-order valence-electron chi connectivity index (χ4n) is 8.61. The molecule has 15 nitrogen and oxygen atoms in total. The number of amidine groups is 1. The fourth-order valence-corrected chi connectivity index (χ4v) is 9.50. The SMILES string of the molecule is C=C(/C=C\C(=NC)N1CCC(CN2C3CCC2CN(c2nnc(-c4cnc(-c5ccc6cc(C#N)cnn56)cc4N[C@H](C)C#N)s2)C3)CC1)[C@@H]1CCC(=O)NC1=O. The zero-order valence-electron chi connectivity index (χ0n) is 32.1. The molecule has 292 valence electrons. The Morgan fingerprint density at radius 1 is 1.09 bits per heavy atom. The van der Waals surface area contributed by atoms with Crippen LogP contribution < -0.4 is 15.5 Å². The minimum Gasteiger partial charge on any atom is -0.369 e. The van der Waals surface area contributed by atoms with Crippen LogP contribution in [0.25, 0.3) is 27.5 Å². The molecule has 2 N–H and O–H groups in total. The Kier molecular flexibility index (Phi) is 10.8. The van der Waals surface area contributed by atoms with Crippen LogP contribution >= 0.6 is 11.3 Å². The number of allylic oxidation sites excluding steroid dienone is 1. The monoisotopic (exact) mass is 783 g/mol. The number of nitrogens with one attached hydrogen (secondary N) is 2. The van der Waals surface area contributed by atoms with Gasteiger partial charge in [-0.25, -0.2) is 4.52 Å². The highest BCUT2D eigenvalue weighted by Crippen LogP contribution is 2.39. The van der Waals surface area contributed by atoms with Gasteiger partial charge in [-0.3, -0.25) is 29.8 Å². The van der Waals surface area contributed by atoms with Crippen molar-refractivity contribution in [3.8, 4) is 34.1 Å². The first-order valence-corrected chi connectivity index (χ1v) is 20.3. The molecule has 8 heterocycles. The van der Waals surface area contributed by atoms with E-state index in [1.807, 2.05) is 37.3 Å². The molecule has 4 aromatic rings. The van der Waals surface area contributed by atoms with Crippen LogP contribution in [0.5, 0.6) is 0 Å². The highest BCUT2D eigenvalue weighted by molar-refractivity contribution is 7.18. The number of imide groups is 1. The zero-order valence-corrected chi connectivity index (χ0v) is 33.0. The van der Waals surface area contributed by atoms with E-state index < -0.39 is 6.04 Å². The first-order valence-electron chi connectivity index (χ1n) is 19.5. The van der Waals surface area contributed by atoms with Crippen LogP contribution in [-0.2, 0) is 9.59 Å². The summed E-state index contributed by atoms with van der Waals surface area (Å²) in [5, 5.41) is 40.1. The van der Waals surface area contributed by atoms with E-state index in [0.717, 1.165) is 84.0 Å². The van der Waals surface area contributed by atoms with Crippen molar-refractivity contribution in [1.29, 1.82) is 10.5 Å². The average Bonchev–Trinajstić information content (AvgIpc) is 3.94. The fraction of sp³-hybridized carbons (Fsp3) is 0.439. The van der Waals surface area contributed by atoms with Gasteiger partial charge in [0.05, 0.1) is 46.2 Å². The van der Waals surface area contributed by atoms with Crippen molar-refractivity contribution in [2.75, 3.05) is 50.0 Å². The van der Waals surface area contributed by atoms with Gasteiger partial charge in [0.15, 0.2) is 5.01 Å². The molecule has 4 aromatic heterocycles. The van der Waals surface area contributed by atoms with E-state index in [9.17, 15) is 20.1 Å². The quantitative estimate of drug-likeness (QED) is 0.0983. The predicted octanol–water partition coefficient (Wildman–Crippen LogP) is 4.67. The zero-order chi connectivity index (χ0) is 39.6. The molecule has 8 rings (SSSR count). The molecule has 4 fully saturated rings. The molecule has 0 aromatic carbocycles. The van der Waals surface area contributed by atoms with E-state index >= 15 is 0 Å². The van der Waals surface area contributed by atoms with Gasteiger partial charge in [0.1, 0.15) is 17.9 Å². The van der Waals surface area contributed by atoms with Crippen LogP contribution in [0.15, 0.2) is 66.0 Å². The number of aliphatic imine (C=N–C) groups is 1. The number of fused-ring (bicyclic) bond motifs is 3. The van der Waals surface area contributed by atoms with Crippen molar-refractivity contribution in [2.24, 2.45) is 16.8 Å². The molecule has 4 saturated heterocycles. The van der Waals surface area contributed by atoms with Gasteiger partial charge in [-0.05, 0) is 80.9 Å². The Morgan fingerprint density at radius 3 is 2.60 bits per heavy atom. The van der Waals surface area contributed by atoms with Gasteiger partial charge >= 0.3 is 0 Å². The van der Waals surface area contributed by atoms with E-state index in [0.29, 0.717) is 47.7 Å². The summed E-state index contributed by atoms with van der Waals surface area (Å²) >= 11 is 1.55. The van der Waals surface area contributed by atoms with Crippen LogP contribution in [0.2, 0.25) is 0 Å². The Balaban J connectivity index is 0.892. The molecule has 2 bridgehead atoms. The molecule has 0 saturated carbocycles. The number of amides is 2. The van der Waals surface area contributed by atoms with Gasteiger partial charge in [-0.2, -0.15) is 15.6 Å². The van der Waals surface area contributed by atoms with Crippen LogP contribution in [-0.4, -0.2) is 110 Å². The Hall–Kier alpha value is -5.97. The third-order valence-electron chi connectivity index (χ3n) is 11.7. The van der Waals surface area contributed by atoms with Crippen LogP contribution in [0, 0.1) is 34.5 Å². The molecule has 0 radical (unpaired) electrons. The Morgan fingerprint density at radius 2 is 1.88 bits per heavy atom. The highest BCUT2D eigenvalue weighted by atomic mass is 32.1.